The Balaban J connectivity index is 1.23. The van der Waals surface area contributed by atoms with Gasteiger partial charge in [-0.1, -0.05) is 18.6 Å². The van der Waals surface area contributed by atoms with Crippen molar-refractivity contribution in [2.75, 3.05) is 27.9 Å². The molecule has 7 atom stereocenters. The summed E-state index contributed by atoms with van der Waals surface area (Å²) in [5, 5.41) is 19.7. The number of methoxy groups -OCH3 is 3. The number of hydrogen-bond donors (Lipinski definition) is 1. The van der Waals surface area contributed by atoms with Crippen molar-refractivity contribution in [1.82, 2.24) is 15.0 Å². The first-order chi connectivity index (χ1) is 19.2. The second-order valence-corrected chi connectivity index (χ2v) is 13.4. The molecule has 0 saturated heterocycles. The molecule has 2 aromatic rings. The lowest BCUT2D eigenvalue weighted by Crippen LogP contribution is -2.46. The van der Waals surface area contributed by atoms with E-state index in [1.165, 1.54) is 25.7 Å². The predicted octanol–water partition coefficient (Wildman–Crippen LogP) is 5.83. The number of unbranched alkanes of at least 4 members (excludes halogenated alkanes) is 1. The highest BCUT2D eigenvalue weighted by atomic mass is 16.5. The molecule has 3 aliphatic rings. The highest BCUT2D eigenvalue weighted by Crippen LogP contribution is 2.62. The maximum atomic E-state index is 13.9. The summed E-state index contributed by atoms with van der Waals surface area (Å²) in [7, 11) is 4.96. The van der Waals surface area contributed by atoms with Crippen LogP contribution in [-0.4, -0.2) is 59.4 Å². The van der Waals surface area contributed by atoms with Gasteiger partial charge in [0, 0.05) is 19.6 Å². The average molecular weight is 556 g/mol. The number of benzene rings is 1. The molecule has 0 aliphatic heterocycles. The molecular weight excluding hydrogens is 506 g/mol. The summed E-state index contributed by atoms with van der Waals surface area (Å²) in [4.78, 5) is 13.9. The van der Waals surface area contributed by atoms with Gasteiger partial charge in [-0.3, -0.25) is 4.79 Å². The van der Waals surface area contributed by atoms with Crippen LogP contribution < -0.4 is 9.47 Å². The van der Waals surface area contributed by atoms with Crippen LogP contribution in [0.4, 0.5) is 0 Å². The topological polar surface area (TPSA) is 95.7 Å². The molecule has 8 nitrogen and oxygen atoms in total. The predicted molar refractivity (Wildman–Crippen MR) is 154 cm³/mol. The van der Waals surface area contributed by atoms with E-state index >= 15 is 0 Å². The number of fused-ring (bicyclic) bond motifs is 4. The highest BCUT2D eigenvalue weighted by molar-refractivity contribution is 5.87. The van der Waals surface area contributed by atoms with E-state index in [0.29, 0.717) is 40.3 Å². The summed E-state index contributed by atoms with van der Waals surface area (Å²) in [6.45, 7) is 5.40. The number of ketones is 1. The maximum absolute atomic E-state index is 13.9. The Morgan fingerprint density at radius 1 is 1.12 bits per heavy atom. The average Bonchev–Trinajstić information content (AvgIpc) is 3.51. The molecule has 3 aliphatic carbocycles. The number of ether oxygens (including phenoxy) is 3. The van der Waals surface area contributed by atoms with Crippen molar-refractivity contribution in [3.05, 3.63) is 12.1 Å². The van der Waals surface area contributed by atoms with Gasteiger partial charge in [0.25, 0.3) is 0 Å². The molecule has 1 aromatic carbocycles. The van der Waals surface area contributed by atoms with E-state index in [1.54, 1.807) is 26.0 Å². The molecule has 8 heteroatoms. The third kappa shape index (κ3) is 5.63. The molecule has 5 rings (SSSR count). The van der Waals surface area contributed by atoms with Crippen molar-refractivity contribution in [2.45, 2.75) is 96.6 Å². The molecule has 0 radical (unpaired) electrons. The van der Waals surface area contributed by atoms with E-state index in [0.717, 1.165) is 57.5 Å². The van der Waals surface area contributed by atoms with Gasteiger partial charge < -0.3 is 19.3 Å². The Morgan fingerprint density at radius 3 is 2.70 bits per heavy atom. The van der Waals surface area contributed by atoms with Gasteiger partial charge in [0.15, 0.2) is 17.3 Å². The smallest absolute Gasteiger partial charge is 0.188 e. The molecule has 3 fully saturated rings. The van der Waals surface area contributed by atoms with E-state index in [9.17, 15) is 9.90 Å². The normalized spacial score (nSPS) is 31.4. The first kappa shape index (κ1) is 29.3. The van der Waals surface area contributed by atoms with Gasteiger partial charge in [-0.25, -0.2) is 4.68 Å². The van der Waals surface area contributed by atoms with Crippen LogP contribution >= 0.6 is 0 Å². The van der Waals surface area contributed by atoms with Crippen LogP contribution in [0.15, 0.2) is 12.1 Å². The van der Waals surface area contributed by atoms with E-state index < -0.39 is 5.60 Å². The second-order valence-electron chi connectivity index (χ2n) is 13.4. The fourth-order valence-corrected chi connectivity index (χ4v) is 9.01. The fraction of sp³-hybridized carbons (Fsp3) is 0.781. The van der Waals surface area contributed by atoms with E-state index in [1.807, 2.05) is 19.1 Å². The van der Waals surface area contributed by atoms with Crippen LogP contribution in [0.1, 0.15) is 84.5 Å². The molecule has 3 saturated carbocycles. The Hall–Kier alpha value is -2.19. The molecule has 1 aromatic heterocycles. The minimum absolute atomic E-state index is 0.0517. The Kier molecular flexibility index (Phi) is 8.77. The zero-order valence-electron chi connectivity index (χ0n) is 25.2. The number of aliphatic hydroxyl groups is 1. The summed E-state index contributed by atoms with van der Waals surface area (Å²) in [5.41, 5.74) is 0.881. The number of rotatable bonds is 12. The molecule has 0 unspecified atom stereocenters. The molecule has 40 heavy (non-hydrogen) atoms. The molecular formula is C32H49N3O5. The maximum Gasteiger partial charge on any atom is 0.188 e. The van der Waals surface area contributed by atoms with Crippen molar-refractivity contribution in [3.8, 4) is 11.5 Å². The Labute approximate surface area is 239 Å². The van der Waals surface area contributed by atoms with Crippen LogP contribution in [0.3, 0.4) is 0 Å². The first-order valence-corrected chi connectivity index (χ1v) is 15.4. The quantitative estimate of drug-likeness (QED) is 0.329. The minimum atomic E-state index is -0.586. The van der Waals surface area contributed by atoms with Gasteiger partial charge in [-0.15, -0.1) is 5.10 Å². The van der Waals surface area contributed by atoms with E-state index in [2.05, 4.69) is 17.2 Å². The Morgan fingerprint density at radius 2 is 1.95 bits per heavy atom. The summed E-state index contributed by atoms with van der Waals surface area (Å²) < 4.78 is 18.0. The largest absolute Gasteiger partial charge is 0.493 e. The van der Waals surface area contributed by atoms with Crippen molar-refractivity contribution >= 4 is 16.8 Å². The summed E-state index contributed by atoms with van der Waals surface area (Å²) in [6.07, 6.45) is 11.9. The Bertz CT molecular complexity index is 1180. The second kappa shape index (κ2) is 12.0. The summed E-state index contributed by atoms with van der Waals surface area (Å²) >= 11 is 0. The third-order valence-corrected chi connectivity index (χ3v) is 10.9. The van der Waals surface area contributed by atoms with Gasteiger partial charge >= 0.3 is 0 Å². The van der Waals surface area contributed by atoms with Crippen molar-refractivity contribution in [2.24, 2.45) is 35.0 Å². The van der Waals surface area contributed by atoms with Gasteiger partial charge in [-0.05, 0) is 112 Å². The third-order valence-electron chi connectivity index (χ3n) is 10.9. The summed E-state index contributed by atoms with van der Waals surface area (Å²) in [6, 6.07) is 3.68. The van der Waals surface area contributed by atoms with Crippen LogP contribution in [0, 0.1) is 35.0 Å². The molecule has 0 spiro atoms. The molecule has 222 valence electrons. The standard InChI is InChI=1S/C32H49N3O5/c1-31(37,15-6-7-17-38-3)19-21-8-9-23-22(18-21)14-16-32(2)24(23)10-11-25(32)27(36)20-35-29-26(33-34-35)12-13-28(39-4)30(29)40-5/h12-13,21-25,37H,6-11,14-20H2,1-5H3/t21-,22-,23-,24+,25-,31-,32+/m1/s1. The van der Waals surface area contributed by atoms with Gasteiger partial charge in [0.1, 0.15) is 17.6 Å². The summed E-state index contributed by atoms with van der Waals surface area (Å²) in [5.74, 6) is 4.15. The van der Waals surface area contributed by atoms with Crippen LogP contribution in [0.5, 0.6) is 11.5 Å². The van der Waals surface area contributed by atoms with Crippen LogP contribution in [0.25, 0.3) is 11.0 Å². The van der Waals surface area contributed by atoms with Gasteiger partial charge in [0.05, 0.1) is 19.8 Å². The van der Waals surface area contributed by atoms with Gasteiger partial charge in [-0.2, -0.15) is 0 Å². The molecule has 1 N–H and O–H groups in total. The number of carbonyl (C=O) groups excluding carboxylic acids is 1. The van der Waals surface area contributed by atoms with Crippen molar-refractivity contribution in [1.29, 1.82) is 0 Å². The van der Waals surface area contributed by atoms with Crippen LogP contribution in [-0.2, 0) is 16.1 Å². The number of aromatic nitrogens is 3. The lowest BCUT2D eigenvalue weighted by atomic mass is 9.53. The van der Waals surface area contributed by atoms with Crippen LogP contribution in [0.2, 0.25) is 0 Å². The number of hydrogen-bond acceptors (Lipinski definition) is 7. The zero-order chi connectivity index (χ0) is 28.5. The van der Waals surface area contributed by atoms with Crippen molar-refractivity contribution in [3.63, 3.8) is 0 Å². The highest BCUT2D eigenvalue weighted by Gasteiger charge is 2.56. The monoisotopic (exact) mass is 555 g/mol. The molecule has 0 amide bonds. The zero-order valence-corrected chi connectivity index (χ0v) is 25.2. The minimum Gasteiger partial charge on any atom is -0.493 e. The van der Waals surface area contributed by atoms with E-state index in [-0.39, 0.29) is 23.7 Å². The number of nitrogens with zero attached hydrogens (tertiary/aromatic N) is 3. The SMILES string of the molecule is COCCCC[C@@](C)(O)C[C@@H]1CC[C@@H]2[C@H](CC[C@]3(C)[C@@H](C(=O)Cn4nnc5ccc(OC)c(OC)c54)CC[C@@H]23)C1. The van der Waals surface area contributed by atoms with Gasteiger partial charge in [0.2, 0.25) is 0 Å². The molecule has 1 heterocycles. The fourth-order valence-electron chi connectivity index (χ4n) is 9.01. The lowest BCUT2D eigenvalue weighted by Gasteiger charge is -2.52. The first-order valence-electron chi connectivity index (χ1n) is 15.4. The lowest BCUT2D eigenvalue weighted by molar-refractivity contribution is -0.130. The van der Waals surface area contributed by atoms with Crippen molar-refractivity contribution < 1.29 is 24.1 Å². The number of Topliss-reactive ketones (excluding diaryl/α,β-unsaturated/α-hetero) is 1. The molecule has 0 bridgehead atoms. The number of carbonyl (C=O) groups is 1. The van der Waals surface area contributed by atoms with E-state index in [4.69, 9.17) is 14.2 Å².